The molecule has 4 amide bonds. The van der Waals surface area contributed by atoms with Crippen LogP contribution in [-0.4, -0.2) is 73.3 Å². The highest BCUT2D eigenvalue weighted by molar-refractivity contribution is 6.22. The van der Waals surface area contributed by atoms with Crippen molar-refractivity contribution in [3.05, 3.63) is 34.9 Å². The van der Waals surface area contributed by atoms with Gasteiger partial charge in [0.1, 0.15) is 6.42 Å². The number of nitriles is 1. The van der Waals surface area contributed by atoms with Gasteiger partial charge in [0.25, 0.3) is 17.7 Å². The second-order valence-electron chi connectivity index (χ2n) is 7.74. The van der Waals surface area contributed by atoms with Gasteiger partial charge in [-0.1, -0.05) is 0 Å². The summed E-state index contributed by atoms with van der Waals surface area (Å²) < 4.78 is 4.98. The van der Waals surface area contributed by atoms with Gasteiger partial charge in [0, 0.05) is 45.5 Å². The number of rotatable bonds is 8. The fraction of sp³-hybridized carbons (Fsp3) is 0.500. The second-order valence-corrected chi connectivity index (χ2v) is 7.74. The molecule has 0 unspecified atom stereocenters. The van der Waals surface area contributed by atoms with Crippen LogP contribution in [0.2, 0.25) is 0 Å². The van der Waals surface area contributed by atoms with Gasteiger partial charge < -0.3 is 15.0 Å². The summed E-state index contributed by atoms with van der Waals surface area (Å²) in [6, 6.07) is 6.48. The van der Waals surface area contributed by atoms with E-state index in [1.54, 1.807) is 24.1 Å². The van der Waals surface area contributed by atoms with Crippen LogP contribution in [0.25, 0.3) is 0 Å². The highest BCUT2D eigenvalue weighted by Crippen LogP contribution is 2.26. The summed E-state index contributed by atoms with van der Waals surface area (Å²) in [5, 5.41) is 11.3. The molecule has 1 N–H and O–H groups in total. The number of nitrogens with one attached hydrogen (secondary N) is 1. The topological polar surface area (TPSA) is 120 Å². The molecule has 164 valence electrons. The molecule has 2 aliphatic rings. The Morgan fingerprint density at radius 2 is 1.90 bits per heavy atom. The third-order valence-corrected chi connectivity index (χ3v) is 5.68. The Balaban J connectivity index is 1.58. The molecule has 0 aliphatic carbocycles. The second kappa shape index (κ2) is 10.2. The van der Waals surface area contributed by atoms with Gasteiger partial charge in [-0.25, -0.2) is 0 Å². The maximum atomic E-state index is 12.9. The van der Waals surface area contributed by atoms with Crippen molar-refractivity contribution >= 4 is 23.6 Å². The van der Waals surface area contributed by atoms with Crippen LogP contribution in [0.3, 0.4) is 0 Å². The lowest BCUT2D eigenvalue weighted by atomic mass is 9.96. The first kappa shape index (κ1) is 22.4. The van der Waals surface area contributed by atoms with Gasteiger partial charge in [0.05, 0.1) is 17.2 Å². The number of imide groups is 1. The normalized spacial score (nSPS) is 16.3. The number of fused-ring (bicyclic) bond motifs is 1. The number of carbonyl (C=O) groups is 4. The van der Waals surface area contributed by atoms with Crippen molar-refractivity contribution in [2.24, 2.45) is 5.92 Å². The van der Waals surface area contributed by atoms with Crippen molar-refractivity contribution in [2.45, 2.75) is 25.7 Å². The molecule has 2 heterocycles. The van der Waals surface area contributed by atoms with Gasteiger partial charge in [-0.3, -0.25) is 24.1 Å². The molecular weight excluding hydrogens is 400 g/mol. The number of hydrogen-bond acceptors (Lipinski definition) is 6. The monoisotopic (exact) mass is 426 g/mol. The Labute approximate surface area is 180 Å². The van der Waals surface area contributed by atoms with E-state index in [1.165, 1.54) is 11.0 Å². The average Bonchev–Trinajstić information content (AvgIpc) is 3.02. The van der Waals surface area contributed by atoms with Gasteiger partial charge in [-0.15, -0.1) is 0 Å². The van der Waals surface area contributed by atoms with Crippen LogP contribution in [0, 0.1) is 17.2 Å². The van der Waals surface area contributed by atoms with E-state index in [-0.39, 0.29) is 48.1 Å². The minimum Gasteiger partial charge on any atom is -0.385 e. The molecule has 0 atom stereocenters. The fourth-order valence-electron chi connectivity index (χ4n) is 3.91. The van der Waals surface area contributed by atoms with Crippen LogP contribution in [0.1, 0.15) is 56.8 Å². The molecule has 9 heteroatoms. The number of benzene rings is 1. The number of piperidine rings is 1. The molecule has 1 fully saturated rings. The molecule has 3 rings (SSSR count). The van der Waals surface area contributed by atoms with E-state index in [0.29, 0.717) is 43.8 Å². The first-order chi connectivity index (χ1) is 15.0. The Kier molecular flexibility index (Phi) is 7.36. The van der Waals surface area contributed by atoms with Crippen LogP contribution < -0.4 is 5.32 Å². The minimum absolute atomic E-state index is 0.152. The first-order valence-electron chi connectivity index (χ1n) is 10.4. The summed E-state index contributed by atoms with van der Waals surface area (Å²) in [6.45, 7) is 2.32. The number of carbonyl (C=O) groups excluding carboxylic acids is 4. The van der Waals surface area contributed by atoms with Crippen LogP contribution in [0.4, 0.5) is 0 Å². The van der Waals surface area contributed by atoms with Crippen LogP contribution in [0.15, 0.2) is 18.2 Å². The summed E-state index contributed by atoms with van der Waals surface area (Å²) in [6.07, 6.45) is 1.89. The summed E-state index contributed by atoms with van der Waals surface area (Å²) in [5.74, 6) is -0.916. The molecule has 1 aromatic carbocycles. The Bertz CT molecular complexity index is 915. The third-order valence-electron chi connectivity index (χ3n) is 5.68. The standard InChI is InChI=1S/C22H26N4O5/c1-31-12-2-9-26-21(29)17-4-3-16(13-18(17)22(26)30)20(28)25-10-6-15(7-11-25)14-24-19(27)5-8-23/h3-4,13,15H,2,5-7,9-12,14H2,1H3,(H,24,27). The number of methoxy groups -OCH3 is 1. The molecular formula is C22H26N4O5. The molecule has 9 nitrogen and oxygen atoms in total. The average molecular weight is 426 g/mol. The third kappa shape index (κ3) is 5.09. The lowest BCUT2D eigenvalue weighted by Crippen LogP contribution is -2.41. The van der Waals surface area contributed by atoms with Crippen LogP contribution in [0.5, 0.6) is 0 Å². The van der Waals surface area contributed by atoms with E-state index in [0.717, 1.165) is 12.8 Å². The van der Waals surface area contributed by atoms with Gasteiger partial charge in [0.2, 0.25) is 5.91 Å². The van der Waals surface area contributed by atoms with E-state index in [4.69, 9.17) is 10.00 Å². The molecule has 1 aromatic rings. The van der Waals surface area contributed by atoms with E-state index < -0.39 is 0 Å². The Hall–Kier alpha value is -3.25. The van der Waals surface area contributed by atoms with Crippen molar-refractivity contribution in [3.8, 4) is 6.07 Å². The summed E-state index contributed by atoms with van der Waals surface area (Å²) in [5.41, 5.74) is 0.980. The Morgan fingerprint density at radius 1 is 1.19 bits per heavy atom. The van der Waals surface area contributed by atoms with E-state index in [2.05, 4.69) is 5.32 Å². The predicted octanol–water partition coefficient (Wildman–Crippen LogP) is 1.20. The van der Waals surface area contributed by atoms with E-state index >= 15 is 0 Å². The molecule has 0 bridgehead atoms. The van der Waals surface area contributed by atoms with Crippen LogP contribution in [-0.2, 0) is 9.53 Å². The van der Waals surface area contributed by atoms with E-state index in [9.17, 15) is 19.2 Å². The summed E-state index contributed by atoms with van der Waals surface area (Å²) >= 11 is 0. The quantitative estimate of drug-likeness (QED) is 0.493. The number of hydrogen-bond donors (Lipinski definition) is 1. The molecule has 0 saturated carbocycles. The van der Waals surface area contributed by atoms with Crippen molar-refractivity contribution in [2.75, 3.05) is 39.9 Å². The highest BCUT2D eigenvalue weighted by atomic mass is 16.5. The fourth-order valence-corrected chi connectivity index (χ4v) is 3.91. The van der Waals surface area contributed by atoms with Crippen molar-refractivity contribution in [1.29, 1.82) is 5.26 Å². The molecule has 0 spiro atoms. The van der Waals surface area contributed by atoms with Gasteiger partial charge in [0.15, 0.2) is 0 Å². The highest BCUT2D eigenvalue weighted by Gasteiger charge is 2.36. The number of ether oxygens (including phenoxy) is 1. The number of likely N-dealkylation sites (tertiary alicyclic amines) is 1. The van der Waals surface area contributed by atoms with E-state index in [1.807, 2.05) is 6.07 Å². The van der Waals surface area contributed by atoms with Crippen molar-refractivity contribution in [3.63, 3.8) is 0 Å². The van der Waals surface area contributed by atoms with Crippen LogP contribution >= 0.6 is 0 Å². The lowest BCUT2D eigenvalue weighted by Gasteiger charge is -2.32. The number of amides is 4. The van der Waals surface area contributed by atoms with Gasteiger partial charge in [-0.2, -0.15) is 5.26 Å². The molecule has 1 saturated heterocycles. The molecule has 31 heavy (non-hydrogen) atoms. The summed E-state index contributed by atoms with van der Waals surface area (Å²) in [7, 11) is 1.56. The zero-order valence-electron chi connectivity index (χ0n) is 17.6. The van der Waals surface area contributed by atoms with Gasteiger partial charge in [-0.05, 0) is 43.4 Å². The predicted molar refractivity (Wildman–Crippen MR) is 110 cm³/mol. The van der Waals surface area contributed by atoms with Crippen molar-refractivity contribution in [1.82, 2.24) is 15.1 Å². The first-order valence-corrected chi connectivity index (χ1v) is 10.4. The zero-order chi connectivity index (χ0) is 22.4. The maximum absolute atomic E-state index is 12.9. The zero-order valence-corrected chi connectivity index (χ0v) is 17.6. The smallest absolute Gasteiger partial charge is 0.261 e. The largest absolute Gasteiger partial charge is 0.385 e. The van der Waals surface area contributed by atoms with Crippen molar-refractivity contribution < 1.29 is 23.9 Å². The lowest BCUT2D eigenvalue weighted by molar-refractivity contribution is -0.120. The SMILES string of the molecule is COCCCN1C(=O)c2ccc(C(=O)N3CCC(CNC(=O)CC#N)CC3)cc2C1=O. The molecule has 2 aliphatic heterocycles. The maximum Gasteiger partial charge on any atom is 0.261 e. The molecule has 0 radical (unpaired) electrons. The Morgan fingerprint density at radius 3 is 2.58 bits per heavy atom. The molecule has 0 aromatic heterocycles. The minimum atomic E-state index is -0.377. The van der Waals surface area contributed by atoms with Gasteiger partial charge >= 0.3 is 0 Å². The number of nitrogens with zero attached hydrogens (tertiary/aromatic N) is 3. The summed E-state index contributed by atoms with van der Waals surface area (Å²) in [4.78, 5) is 52.4.